The van der Waals surface area contributed by atoms with E-state index in [0.29, 0.717) is 6.42 Å². The van der Waals surface area contributed by atoms with Crippen LogP contribution in [0.1, 0.15) is 71.1 Å². The van der Waals surface area contributed by atoms with Gasteiger partial charge in [0.1, 0.15) is 9.52 Å². The van der Waals surface area contributed by atoms with Gasteiger partial charge in [0.25, 0.3) is 0 Å². The van der Waals surface area contributed by atoms with Gasteiger partial charge in [-0.15, -0.1) is 39.7 Å². The van der Waals surface area contributed by atoms with Crippen LogP contribution in [-0.2, 0) is 31.0 Å². The van der Waals surface area contributed by atoms with Gasteiger partial charge in [0.2, 0.25) is 0 Å². The van der Waals surface area contributed by atoms with E-state index in [9.17, 15) is 4.79 Å². The fourth-order valence-corrected chi connectivity index (χ4v) is 5.76. The van der Waals surface area contributed by atoms with Crippen LogP contribution in [0.2, 0.25) is 0 Å². The molecule has 0 heterocycles. The number of nitrogens with one attached hydrogen (secondary N) is 1. The van der Waals surface area contributed by atoms with Crippen LogP contribution in [0, 0.1) is 0 Å². The maximum atomic E-state index is 10.3. The molecule has 2 nitrogen and oxygen atoms in total. The number of amides is 1. The molecule has 0 saturated heterocycles. The standard InChI is InChI=1S/C13H9.C12H25NO.C12H10Si.2ClH.Zr/c1-3-7-12-10(5-1)9-11-6-2-4-8-13(11)12;1-2-3-4-5-6-7-8-9-10-11-12(13)14;1-3-7-11(8-4-1)13-12-9-5-2-6-10-12;;;/h1-9H;2-11H2,1H3,(H2,13,14);1-10H;2*1H;/q-1;;;;;+4/p-3. The largest absolute Gasteiger partial charge is 4.00 e. The first-order valence-corrected chi connectivity index (χ1v) is 15.8. The summed E-state index contributed by atoms with van der Waals surface area (Å²) in [7, 11) is 0.777. The summed E-state index contributed by atoms with van der Waals surface area (Å²) in [6.45, 7) is 2.23. The monoisotopic (exact) mass is 705 g/mol. The number of carbonyl (C=O) groups is 1. The molecule has 1 N–H and O–H groups in total. The minimum Gasteiger partial charge on any atom is -1.00 e. The smallest absolute Gasteiger partial charge is 1.00 e. The average Bonchev–Trinajstić information content (AvgIpc) is 3.37. The number of hydrogen-bond donors (Lipinski definition) is 0. The third-order valence-electron chi connectivity index (χ3n) is 6.87. The third kappa shape index (κ3) is 16.5. The Labute approximate surface area is 293 Å². The number of carbonyl (C=O) groups excluding carboxylic acids is 1. The number of hydrogen-bond acceptors (Lipinski definition) is 1. The number of fused-ring (bicyclic) bond motifs is 3. The van der Waals surface area contributed by atoms with Crippen LogP contribution in [0.15, 0.2) is 115 Å². The normalized spacial score (nSPS) is 9.70. The number of unbranched alkanes of at least 4 members (excludes halogenated alkanes) is 8. The predicted octanol–water partition coefficient (Wildman–Crippen LogP) is 3.55. The van der Waals surface area contributed by atoms with Crippen LogP contribution in [0.25, 0.3) is 27.3 Å². The van der Waals surface area contributed by atoms with Gasteiger partial charge in [-0.2, -0.15) is 0 Å². The number of benzene rings is 4. The number of halogens is 2. The van der Waals surface area contributed by atoms with Crippen molar-refractivity contribution in [3.63, 3.8) is 0 Å². The quantitative estimate of drug-likeness (QED) is 0.111. The maximum absolute atomic E-state index is 10.3. The second kappa shape index (κ2) is 25.2. The summed E-state index contributed by atoms with van der Waals surface area (Å²) in [5.41, 5.74) is 6.73. The molecule has 0 unspecified atom stereocenters. The maximum Gasteiger partial charge on any atom is 4.00 e. The molecule has 5 rings (SSSR count). The van der Waals surface area contributed by atoms with E-state index in [1.165, 1.54) is 76.9 Å². The Morgan fingerprint density at radius 3 is 1.37 bits per heavy atom. The SMILES string of the molecule is CCCCCCCCCCCC([NH-])=O.[Cl-].[Cl-].[Zr+4].c1ccc([Si]c2ccccc2)cc1.c1ccc2c(c1)[cH-]c1ccccc12. The minimum atomic E-state index is -0.409. The molecule has 2 radical (unpaired) electrons. The van der Waals surface area contributed by atoms with E-state index in [4.69, 9.17) is 5.73 Å². The van der Waals surface area contributed by atoms with Gasteiger partial charge in [0.05, 0.1) is 0 Å². The summed E-state index contributed by atoms with van der Waals surface area (Å²) < 4.78 is 0. The molecule has 1 amide bonds. The van der Waals surface area contributed by atoms with E-state index in [1.807, 2.05) is 0 Å². The van der Waals surface area contributed by atoms with Gasteiger partial charge >= 0.3 is 26.2 Å². The molecule has 0 aliphatic heterocycles. The van der Waals surface area contributed by atoms with Crippen molar-refractivity contribution in [2.75, 3.05) is 0 Å². The van der Waals surface area contributed by atoms with Crippen molar-refractivity contribution in [3.05, 3.63) is 121 Å². The zero-order chi connectivity index (χ0) is 28.3. The Bertz CT molecular complexity index is 1290. The first-order valence-electron chi connectivity index (χ1n) is 14.8. The van der Waals surface area contributed by atoms with E-state index in [0.717, 1.165) is 22.4 Å². The Kier molecular flexibility index (Phi) is 24.0. The van der Waals surface area contributed by atoms with Crippen LogP contribution in [0.3, 0.4) is 0 Å². The van der Waals surface area contributed by atoms with Crippen molar-refractivity contribution >= 4 is 47.3 Å². The first-order chi connectivity index (χ1) is 19.7. The van der Waals surface area contributed by atoms with E-state index in [2.05, 4.69) is 122 Å². The topological polar surface area (TPSA) is 40.9 Å². The van der Waals surface area contributed by atoms with Gasteiger partial charge in [-0.05, 0) is 12.8 Å². The van der Waals surface area contributed by atoms with Crippen molar-refractivity contribution < 1.29 is 55.8 Å². The van der Waals surface area contributed by atoms with Crippen LogP contribution in [0.4, 0.5) is 0 Å². The summed E-state index contributed by atoms with van der Waals surface area (Å²) in [6.07, 6.45) is 11.8. The Balaban J connectivity index is 0.000000594. The first kappa shape index (κ1) is 40.9. The second-order valence-corrected chi connectivity index (χ2v) is 11.6. The summed E-state index contributed by atoms with van der Waals surface area (Å²) in [5, 5.41) is 8.19. The van der Waals surface area contributed by atoms with Crippen LogP contribution >= 0.6 is 0 Å². The van der Waals surface area contributed by atoms with Crippen LogP contribution in [0.5, 0.6) is 0 Å². The molecule has 5 aromatic carbocycles. The van der Waals surface area contributed by atoms with E-state index in [1.54, 1.807) is 0 Å². The number of rotatable bonds is 12. The van der Waals surface area contributed by atoms with Gasteiger partial charge in [-0.1, -0.05) is 166 Å². The van der Waals surface area contributed by atoms with Gasteiger partial charge in [-0.25, -0.2) is 0 Å². The van der Waals surface area contributed by atoms with Crippen molar-refractivity contribution in [3.8, 4) is 0 Å². The van der Waals surface area contributed by atoms with E-state index < -0.39 is 5.91 Å². The summed E-state index contributed by atoms with van der Waals surface area (Å²) in [5.74, 6) is -0.409. The molecule has 0 atom stereocenters. The zero-order valence-corrected chi connectivity index (χ0v) is 30.2. The Morgan fingerprint density at radius 2 is 0.953 bits per heavy atom. The second-order valence-electron chi connectivity index (χ2n) is 10.2. The molecule has 43 heavy (non-hydrogen) atoms. The van der Waals surface area contributed by atoms with E-state index >= 15 is 0 Å². The van der Waals surface area contributed by atoms with Gasteiger partial charge < -0.3 is 35.3 Å². The molecular formula is C37H43Cl2NOSiZr. The van der Waals surface area contributed by atoms with Gasteiger partial charge in [0, 0.05) is 5.91 Å². The molecule has 0 spiro atoms. The van der Waals surface area contributed by atoms with Crippen molar-refractivity contribution in [1.29, 1.82) is 0 Å². The van der Waals surface area contributed by atoms with Crippen LogP contribution < -0.4 is 35.2 Å². The molecule has 0 saturated carbocycles. The molecule has 0 aromatic heterocycles. The molecule has 5 aromatic rings. The average molecular weight is 708 g/mol. The summed E-state index contributed by atoms with van der Waals surface area (Å²) in [4.78, 5) is 10.3. The predicted molar refractivity (Wildman–Crippen MR) is 176 cm³/mol. The van der Waals surface area contributed by atoms with Crippen molar-refractivity contribution in [1.82, 2.24) is 0 Å². The molecule has 0 aliphatic rings. The minimum absolute atomic E-state index is 0. The summed E-state index contributed by atoms with van der Waals surface area (Å²) in [6, 6.07) is 40.4. The van der Waals surface area contributed by atoms with Gasteiger partial charge in [0.15, 0.2) is 0 Å². The summed E-state index contributed by atoms with van der Waals surface area (Å²) >= 11 is 0. The fourth-order valence-electron chi connectivity index (χ4n) is 4.71. The molecular weight excluding hydrogens is 665 g/mol. The molecule has 224 valence electrons. The molecule has 0 fully saturated rings. The Morgan fingerprint density at radius 1 is 0.581 bits per heavy atom. The Hall–Kier alpha value is -2.10. The third-order valence-corrected chi connectivity index (χ3v) is 8.11. The van der Waals surface area contributed by atoms with E-state index in [-0.39, 0.29) is 51.0 Å². The van der Waals surface area contributed by atoms with Crippen molar-refractivity contribution in [2.45, 2.75) is 71.1 Å². The zero-order valence-electron chi connectivity index (χ0n) is 25.2. The van der Waals surface area contributed by atoms with Crippen molar-refractivity contribution in [2.24, 2.45) is 0 Å². The van der Waals surface area contributed by atoms with Gasteiger partial charge in [-0.3, -0.25) is 0 Å². The van der Waals surface area contributed by atoms with Crippen LogP contribution in [-0.4, -0.2) is 15.4 Å². The molecule has 6 heteroatoms. The molecule has 0 bridgehead atoms. The molecule has 0 aliphatic carbocycles. The fraction of sp³-hybridized carbons (Fsp3) is 0.297.